The third-order valence-corrected chi connectivity index (χ3v) is 8.85. The van der Waals surface area contributed by atoms with Crippen LogP contribution in [-0.4, -0.2) is 0 Å². The molecule has 0 aromatic carbocycles. The molecular weight excluding hydrogens is 480 g/mol. The molecule has 2 rings (SSSR count). The standard InChI is InChI=1S/C40H58/c1-31(19-13-21-33(3)25-27-37-35(5)23-15-29-39(37,7)8)17-11-12-18-32(2)20-14-22-34(4)26-28-38-36(6)24-16-30-40(38,9)10/h11-13,17-19,21,25,27,34H,15-16,20,23-24,26,28-30H2,1-10H3/b12-11+,19-13+,27-25+,31-17+,32-18+,33-21+. The molecule has 0 heteroatoms. The first-order valence-corrected chi connectivity index (χ1v) is 15.7. The minimum Gasteiger partial charge on any atom is -0.0999 e. The van der Waals surface area contributed by atoms with Crippen LogP contribution in [0, 0.1) is 28.6 Å². The summed E-state index contributed by atoms with van der Waals surface area (Å²) in [6.07, 6.45) is 30.7. The number of rotatable bonds is 10. The van der Waals surface area contributed by atoms with Gasteiger partial charge in [-0.1, -0.05) is 135 Å². The van der Waals surface area contributed by atoms with E-state index in [2.05, 4.69) is 136 Å². The third kappa shape index (κ3) is 11.5. The van der Waals surface area contributed by atoms with Gasteiger partial charge in [-0.3, -0.25) is 0 Å². The highest BCUT2D eigenvalue weighted by Crippen LogP contribution is 2.43. The summed E-state index contributed by atoms with van der Waals surface area (Å²) in [4.78, 5) is 0. The van der Waals surface area contributed by atoms with E-state index in [-0.39, 0.29) is 0 Å². The maximum atomic E-state index is 3.50. The molecule has 40 heavy (non-hydrogen) atoms. The second kappa shape index (κ2) is 16.1. The molecular formula is C40H58. The SMILES string of the molecule is CC1=C(/C=C/C(C)=C/C=C/C(C)=C/C=C/C=C(\C)CC#CC(C)CCC2=C(C)CCCC2(C)C)C(C)(C)CCC1. The van der Waals surface area contributed by atoms with E-state index in [0.29, 0.717) is 16.7 Å². The first-order chi connectivity index (χ1) is 18.8. The smallest absolute Gasteiger partial charge is 0.0299 e. The number of allylic oxidation sites excluding steroid dienone is 16. The van der Waals surface area contributed by atoms with E-state index >= 15 is 0 Å². The van der Waals surface area contributed by atoms with Gasteiger partial charge in [0.05, 0.1) is 0 Å². The molecule has 0 bridgehead atoms. The van der Waals surface area contributed by atoms with Gasteiger partial charge in [-0.05, 0) is 102 Å². The summed E-state index contributed by atoms with van der Waals surface area (Å²) in [6, 6.07) is 0. The van der Waals surface area contributed by atoms with Gasteiger partial charge in [-0.25, -0.2) is 0 Å². The number of hydrogen-bond donors (Lipinski definition) is 0. The molecule has 0 aromatic heterocycles. The van der Waals surface area contributed by atoms with E-state index < -0.39 is 0 Å². The third-order valence-electron chi connectivity index (χ3n) is 8.85. The van der Waals surface area contributed by atoms with E-state index in [9.17, 15) is 0 Å². The molecule has 0 fully saturated rings. The Bertz CT molecular complexity index is 1160. The Morgan fingerprint density at radius 1 is 0.800 bits per heavy atom. The van der Waals surface area contributed by atoms with Crippen LogP contribution in [0.25, 0.3) is 0 Å². The largest absolute Gasteiger partial charge is 0.0999 e. The molecule has 0 aromatic rings. The zero-order valence-corrected chi connectivity index (χ0v) is 27.6. The molecule has 0 N–H and O–H groups in total. The lowest BCUT2D eigenvalue weighted by Crippen LogP contribution is -2.20. The summed E-state index contributed by atoms with van der Waals surface area (Å²) in [5, 5.41) is 0. The van der Waals surface area contributed by atoms with Gasteiger partial charge >= 0.3 is 0 Å². The predicted molar refractivity (Wildman–Crippen MR) is 180 cm³/mol. The summed E-state index contributed by atoms with van der Waals surface area (Å²) in [6.45, 7) is 23.0. The molecule has 0 spiro atoms. The molecule has 2 aliphatic carbocycles. The van der Waals surface area contributed by atoms with Crippen molar-refractivity contribution in [3.8, 4) is 11.8 Å². The zero-order chi connectivity index (χ0) is 29.8. The van der Waals surface area contributed by atoms with Gasteiger partial charge < -0.3 is 0 Å². The van der Waals surface area contributed by atoms with Crippen molar-refractivity contribution in [2.24, 2.45) is 16.7 Å². The molecule has 2 aliphatic rings. The predicted octanol–water partition coefficient (Wildman–Crippen LogP) is 12.4. The monoisotopic (exact) mass is 538 g/mol. The summed E-state index contributed by atoms with van der Waals surface area (Å²) in [7, 11) is 0. The van der Waals surface area contributed by atoms with Crippen molar-refractivity contribution in [2.45, 2.75) is 127 Å². The maximum absolute atomic E-state index is 3.50. The highest BCUT2D eigenvalue weighted by atomic mass is 14.3. The molecule has 1 unspecified atom stereocenters. The molecule has 0 heterocycles. The van der Waals surface area contributed by atoms with E-state index in [1.807, 2.05) is 0 Å². The molecule has 1 atom stereocenters. The zero-order valence-electron chi connectivity index (χ0n) is 27.6. The van der Waals surface area contributed by atoms with Crippen molar-refractivity contribution in [2.75, 3.05) is 0 Å². The first-order valence-electron chi connectivity index (χ1n) is 15.7. The minimum atomic E-state index is 0.293. The molecule has 0 saturated heterocycles. The van der Waals surface area contributed by atoms with Gasteiger partial charge in [0.15, 0.2) is 0 Å². The highest BCUT2D eigenvalue weighted by molar-refractivity contribution is 5.37. The average molecular weight is 539 g/mol. The lowest BCUT2D eigenvalue weighted by Gasteiger charge is -2.35. The van der Waals surface area contributed by atoms with E-state index in [1.165, 1.54) is 73.7 Å². The van der Waals surface area contributed by atoms with Gasteiger partial charge in [0, 0.05) is 12.3 Å². The number of hydrogen-bond acceptors (Lipinski definition) is 0. The van der Waals surface area contributed by atoms with Gasteiger partial charge in [0.25, 0.3) is 0 Å². The van der Waals surface area contributed by atoms with Crippen molar-refractivity contribution >= 4 is 0 Å². The second-order valence-corrected chi connectivity index (χ2v) is 13.8. The minimum absolute atomic E-state index is 0.293. The fourth-order valence-electron chi connectivity index (χ4n) is 6.20. The summed E-state index contributed by atoms with van der Waals surface area (Å²) in [5.41, 5.74) is 10.9. The molecule has 0 saturated carbocycles. The Kier molecular flexibility index (Phi) is 13.5. The topological polar surface area (TPSA) is 0 Å². The molecule has 0 radical (unpaired) electrons. The van der Waals surface area contributed by atoms with E-state index in [1.54, 1.807) is 16.7 Å². The fourth-order valence-corrected chi connectivity index (χ4v) is 6.20. The maximum Gasteiger partial charge on any atom is 0.0299 e. The van der Waals surface area contributed by atoms with Crippen LogP contribution in [0.2, 0.25) is 0 Å². The van der Waals surface area contributed by atoms with Crippen LogP contribution < -0.4 is 0 Å². The van der Waals surface area contributed by atoms with Crippen molar-refractivity contribution in [3.05, 3.63) is 93.7 Å². The van der Waals surface area contributed by atoms with E-state index in [0.717, 1.165) is 6.42 Å². The average Bonchev–Trinajstić information content (AvgIpc) is 2.85. The first kappa shape index (κ1) is 33.7. The summed E-state index contributed by atoms with van der Waals surface area (Å²) < 4.78 is 0. The van der Waals surface area contributed by atoms with Crippen LogP contribution in [0.15, 0.2) is 93.7 Å². The Morgan fingerprint density at radius 3 is 2.08 bits per heavy atom. The van der Waals surface area contributed by atoms with Gasteiger partial charge in [0.2, 0.25) is 0 Å². The molecule has 0 nitrogen and oxygen atoms in total. The van der Waals surface area contributed by atoms with Crippen molar-refractivity contribution in [3.63, 3.8) is 0 Å². The van der Waals surface area contributed by atoms with Crippen LogP contribution in [-0.2, 0) is 0 Å². The Hall–Kier alpha value is -2.52. The fraction of sp³-hybridized carbons (Fsp3) is 0.550. The molecule has 0 aliphatic heterocycles. The van der Waals surface area contributed by atoms with Crippen LogP contribution in [0.1, 0.15) is 127 Å². The highest BCUT2D eigenvalue weighted by Gasteiger charge is 2.28. The lowest BCUT2D eigenvalue weighted by molar-refractivity contribution is 0.349. The van der Waals surface area contributed by atoms with Crippen LogP contribution in [0.4, 0.5) is 0 Å². The van der Waals surface area contributed by atoms with Gasteiger partial charge in [-0.2, -0.15) is 0 Å². The Balaban J connectivity index is 1.81. The molecule has 0 amide bonds. The van der Waals surface area contributed by atoms with Crippen LogP contribution in [0.5, 0.6) is 0 Å². The van der Waals surface area contributed by atoms with Gasteiger partial charge in [-0.15, -0.1) is 0 Å². The van der Waals surface area contributed by atoms with Crippen molar-refractivity contribution in [1.29, 1.82) is 0 Å². The molecule has 218 valence electrons. The van der Waals surface area contributed by atoms with Crippen LogP contribution in [0.3, 0.4) is 0 Å². The van der Waals surface area contributed by atoms with Gasteiger partial charge in [0.1, 0.15) is 0 Å². The lowest BCUT2D eigenvalue weighted by atomic mass is 9.71. The second-order valence-electron chi connectivity index (χ2n) is 13.8. The van der Waals surface area contributed by atoms with Crippen molar-refractivity contribution < 1.29 is 0 Å². The van der Waals surface area contributed by atoms with E-state index in [4.69, 9.17) is 0 Å². The quantitative estimate of drug-likeness (QED) is 0.147. The Labute approximate surface area is 248 Å². The van der Waals surface area contributed by atoms with Crippen molar-refractivity contribution in [1.82, 2.24) is 0 Å². The van der Waals surface area contributed by atoms with Crippen LogP contribution >= 0.6 is 0 Å². The Morgan fingerprint density at radius 2 is 1.40 bits per heavy atom. The summed E-state index contributed by atoms with van der Waals surface area (Å²) in [5.74, 6) is 7.37. The summed E-state index contributed by atoms with van der Waals surface area (Å²) >= 11 is 0. The normalized spacial score (nSPS) is 21.5.